The summed E-state index contributed by atoms with van der Waals surface area (Å²) in [7, 11) is 0. The number of aromatic hydroxyl groups is 1. The number of rotatable bonds is 12. The fourth-order valence-corrected chi connectivity index (χ4v) is 7.40. The van der Waals surface area contributed by atoms with Crippen molar-refractivity contribution in [3.05, 3.63) is 76.9 Å². The molecule has 0 radical (unpaired) electrons. The summed E-state index contributed by atoms with van der Waals surface area (Å²) in [6.45, 7) is 1.95. The summed E-state index contributed by atoms with van der Waals surface area (Å²) in [5, 5.41) is 32.8. The number of ether oxygens (including phenoxy) is 1. The van der Waals surface area contributed by atoms with E-state index >= 15 is 0 Å². The highest BCUT2D eigenvalue weighted by atomic mass is 16.5. The van der Waals surface area contributed by atoms with E-state index in [9.17, 15) is 24.9 Å². The normalized spacial score (nSPS) is 23.9. The van der Waals surface area contributed by atoms with Gasteiger partial charge < -0.3 is 20.1 Å². The van der Waals surface area contributed by atoms with E-state index in [1.54, 1.807) is 12.1 Å². The first-order chi connectivity index (χ1) is 20.9. The van der Waals surface area contributed by atoms with Gasteiger partial charge in [-0.1, -0.05) is 80.7 Å². The van der Waals surface area contributed by atoms with Crippen LogP contribution in [0.25, 0.3) is 6.08 Å². The molecule has 4 atom stereocenters. The van der Waals surface area contributed by atoms with E-state index in [4.69, 9.17) is 4.74 Å². The molecule has 1 heterocycles. The van der Waals surface area contributed by atoms with Gasteiger partial charge in [-0.05, 0) is 67.9 Å². The van der Waals surface area contributed by atoms with Gasteiger partial charge in [-0.15, -0.1) is 0 Å². The number of para-hydroxylation sites is 2. The van der Waals surface area contributed by atoms with E-state index in [0.717, 1.165) is 61.7 Å². The van der Waals surface area contributed by atoms with Crippen LogP contribution >= 0.6 is 0 Å². The fourth-order valence-electron chi connectivity index (χ4n) is 7.40. The summed E-state index contributed by atoms with van der Waals surface area (Å²) >= 11 is 0. The van der Waals surface area contributed by atoms with Crippen LogP contribution < -0.4 is 4.74 Å². The number of aliphatic hydroxyl groups excluding tert-OH is 2. The van der Waals surface area contributed by atoms with Crippen LogP contribution in [0.2, 0.25) is 0 Å². The summed E-state index contributed by atoms with van der Waals surface area (Å²) < 4.78 is 6.13. The van der Waals surface area contributed by atoms with Gasteiger partial charge in [-0.2, -0.15) is 0 Å². The lowest BCUT2D eigenvalue weighted by Crippen LogP contribution is -2.42. The monoisotopic (exact) mass is 587 g/mol. The number of allylic oxidation sites excluding steroid dienone is 1. The topological polar surface area (TPSA) is 107 Å². The first-order valence-corrected chi connectivity index (χ1v) is 16.0. The molecule has 0 bridgehead atoms. The molecule has 5 rings (SSSR count). The van der Waals surface area contributed by atoms with Crippen LogP contribution in [0.5, 0.6) is 11.5 Å². The zero-order valence-electron chi connectivity index (χ0n) is 25.2. The molecule has 2 aliphatic carbocycles. The second-order valence-electron chi connectivity index (χ2n) is 12.3. The highest BCUT2D eigenvalue weighted by Crippen LogP contribution is 2.47. The van der Waals surface area contributed by atoms with E-state index in [1.807, 2.05) is 48.5 Å². The Bertz CT molecular complexity index is 1330. The third-order valence-corrected chi connectivity index (χ3v) is 9.48. The lowest BCUT2D eigenvalue weighted by molar-refractivity contribution is -0.143. The van der Waals surface area contributed by atoms with Gasteiger partial charge in [-0.3, -0.25) is 14.5 Å². The Balaban J connectivity index is 1.43. The third kappa shape index (κ3) is 6.89. The van der Waals surface area contributed by atoms with E-state index in [2.05, 4.69) is 6.92 Å². The number of carbonyl (C=O) groups is 2. The smallest absolute Gasteiger partial charge is 0.234 e. The van der Waals surface area contributed by atoms with Gasteiger partial charge >= 0.3 is 0 Å². The average Bonchev–Trinajstić information content (AvgIpc) is 3.28. The van der Waals surface area contributed by atoms with Crippen molar-refractivity contribution in [1.29, 1.82) is 0 Å². The van der Waals surface area contributed by atoms with Gasteiger partial charge in [0.05, 0.1) is 24.5 Å². The Morgan fingerprint density at radius 3 is 2.42 bits per heavy atom. The number of fused-ring (bicyclic) bond motifs is 1. The van der Waals surface area contributed by atoms with E-state index in [1.165, 1.54) is 4.90 Å². The van der Waals surface area contributed by atoms with E-state index in [0.29, 0.717) is 30.6 Å². The van der Waals surface area contributed by atoms with Crippen molar-refractivity contribution in [1.82, 2.24) is 4.90 Å². The first kappa shape index (κ1) is 31.0. The highest BCUT2D eigenvalue weighted by Gasteiger charge is 2.56. The lowest BCUT2D eigenvalue weighted by Gasteiger charge is -2.36. The Kier molecular flexibility index (Phi) is 10.4. The number of likely N-dealkylation sites (tertiary alicyclic amines) is 1. The summed E-state index contributed by atoms with van der Waals surface area (Å²) in [6, 6.07) is 16.5. The maximum Gasteiger partial charge on any atom is 0.234 e. The number of imide groups is 1. The maximum absolute atomic E-state index is 13.9. The lowest BCUT2D eigenvalue weighted by atomic mass is 9.68. The van der Waals surface area contributed by atoms with Gasteiger partial charge in [0, 0.05) is 17.5 Å². The molecule has 2 aromatic carbocycles. The molecule has 3 N–H and O–H groups in total. The molecular weight excluding hydrogens is 542 g/mol. The third-order valence-electron chi connectivity index (χ3n) is 9.48. The van der Waals surface area contributed by atoms with Crippen molar-refractivity contribution in [2.24, 2.45) is 17.8 Å². The minimum atomic E-state index is -0.913. The zero-order chi connectivity index (χ0) is 30.3. The zero-order valence-corrected chi connectivity index (χ0v) is 25.2. The fraction of sp³-hybridized carbons (Fsp3) is 0.500. The molecule has 2 fully saturated rings. The number of amides is 2. The van der Waals surface area contributed by atoms with Crippen molar-refractivity contribution < 1.29 is 29.6 Å². The molecule has 43 heavy (non-hydrogen) atoms. The van der Waals surface area contributed by atoms with Gasteiger partial charge in [0.15, 0.2) is 0 Å². The quantitative estimate of drug-likeness (QED) is 0.207. The Hall–Kier alpha value is -3.42. The molecule has 230 valence electrons. The Morgan fingerprint density at radius 2 is 1.72 bits per heavy atom. The molecule has 1 saturated carbocycles. The minimum absolute atomic E-state index is 0.0766. The number of hydrogen-bond acceptors (Lipinski definition) is 6. The van der Waals surface area contributed by atoms with Crippen molar-refractivity contribution in [2.45, 2.75) is 83.3 Å². The summed E-state index contributed by atoms with van der Waals surface area (Å²) in [4.78, 5) is 29.2. The van der Waals surface area contributed by atoms with Gasteiger partial charge in [-0.25, -0.2) is 0 Å². The number of carbonyl (C=O) groups excluding carboxylic acids is 2. The maximum atomic E-state index is 13.9. The van der Waals surface area contributed by atoms with Crippen LogP contribution in [-0.4, -0.2) is 57.4 Å². The van der Waals surface area contributed by atoms with Crippen LogP contribution in [0.1, 0.15) is 76.7 Å². The van der Waals surface area contributed by atoms with Crippen LogP contribution in [0.3, 0.4) is 0 Å². The van der Waals surface area contributed by atoms with Crippen molar-refractivity contribution in [3.63, 3.8) is 0 Å². The van der Waals surface area contributed by atoms with E-state index < -0.39 is 23.9 Å². The molecule has 1 saturated heterocycles. The second kappa shape index (κ2) is 14.4. The summed E-state index contributed by atoms with van der Waals surface area (Å²) in [5.74, 6) is -1.30. The molecular formula is C36H45NO6. The molecule has 1 aliphatic heterocycles. The van der Waals surface area contributed by atoms with Crippen LogP contribution in [-0.2, 0) is 9.59 Å². The predicted octanol–water partition coefficient (Wildman–Crippen LogP) is 6.04. The number of aliphatic hydroxyl groups is 2. The van der Waals surface area contributed by atoms with Crippen molar-refractivity contribution in [3.8, 4) is 11.5 Å². The van der Waals surface area contributed by atoms with Gasteiger partial charge in [0.25, 0.3) is 0 Å². The largest absolute Gasteiger partial charge is 0.507 e. The van der Waals surface area contributed by atoms with Gasteiger partial charge in [0.2, 0.25) is 11.8 Å². The number of benzene rings is 2. The standard InChI is InChI=1S/C36H45NO6/c1-2-11-24(20-25-12-9-10-17-31(25)39)18-19-32(40)33-26(23-43-28-15-7-4-8-16-28)21-29-34(30(33)22-38)36(42)37(35(29)41)27-13-5-3-6-14-27/h4,7-10,12,15-17,20,27,29-30,32,34,38-40H,2-3,5-6,11,13-14,18-19,21-23H2,1H3/b24-20+/t29-,30+,32-,34-/m1/s1. The van der Waals surface area contributed by atoms with E-state index in [-0.39, 0.29) is 36.8 Å². The van der Waals surface area contributed by atoms with Crippen LogP contribution in [0, 0.1) is 17.8 Å². The minimum Gasteiger partial charge on any atom is -0.507 e. The number of phenolic OH excluding ortho intramolecular Hbond substituents is 1. The second-order valence-corrected chi connectivity index (χ2v) is 12.3. The predicted molar refractivity (Wildman–Crippen MR) is 166 cm³/mol. The van der Waals surface area contributed by atoms with Crippen LogP contribution in [0.4, 0.5) is 0 Å². The number of hydrogen-bond donors (Lipinski definition) is 3. The summed E-state index contributed by atoms with van der Waals surface area (Å²) in [5.41, 5.74) is 3.29. The molecule has 7 nitrogen and oxygen atoms in total. The highest BCUT2D eigenvalue weighted by molar-refractivity contribution is 6.06. The van der Waals surface area contributed by atoms with Crippen LogP contribution in [0.15, 0.2) is 71.3 Å². The Labute approximate surface area is 254 Å². The van der Waals surface area contributed by atoms with Crippen molar-refractivity contribution >= 4 is 17.9 Å². The Morgan fingerprint density at radius 1 is 1.00 bits per heavy atom. The molecule has 2 amide bonds. The molecule has 0 aromatic heterocycles. The average molecular weight is 588 g/mol. The SMILES string of the molecule is CCC/C(=C\c1ccccc1O)CC[C@@H](O)C1=C(COc2ccccc2)C[C@H]2C(=O)N(C3CCCCC3)C(=O)[C@H]2[C@H]1CO. The first-order valence-electron chi connectivity index (χ1n) is 16.0. The molecule has 0 unspecified atom stereocenters. The van der Waals surface area contributed by atoms with Crippen molar-refractivity contribution in [2.75, 3.05) is 13.2 Å². The molecule has 2 aromatic rings. The summed E-state index contributed by atoms with van der Waals surface area (Å²) in [6.07, 6.45) is 8.93. The molecule has 3 aliphatic rings. The molecule has 0 spiro atoms. The molecule has 7 heteroatoms. The van der Waals surface area contributed by atoms with Gasteiger partial charge in [0.1, 0.15) is 18.1 Å². The number of nitrogens with zero attached hydrogens (tertiary/aromatic N) is 1. The number of phenols is 1.